The number of carbonyl (C=O) groups excluding carboxylic acids is 2. The molecule has 5 heteroatoms. The standard InChI is InChI=1S/C24H26N2O3/c1-16(2)14-25-23(27)15-29-22-13-19-10-6-5-9-18(19)12-20(22)24(28)26-21-11-7-4-8-17(21)3/h4-13,16H,14-15H2,1-3H3,(H,25,27)(H,26,28). The number of rotatable bonds is 7. The molecule has 29 heavy (non-hydrogen) atoms. The molecule has 2 amide bonds. The first-order valence-electron chi connectivity index (χ1n) is 9.73. The van der Waals surface area contributed by atoms with Gasteiger partial charge >= 0.3 is 0 Å². The van der Waals surface area contributed by atoms with Crippen molar-refractivity contribution in [2.75, 3.05) is 18.5 Å². The van der Waals surface area contributed by atoms with E-state index in [0.29, 0.717) is 23.8 Å². The molecule has 0 aliphatic rings. The van der Waals surface area contributed by atoms with E-state index in [1.165, 1.54) is 0 Å². The molecule has 0 saturated carbocycles. The third-order valence-electron chi connectivity index (χ3n) is 4.55. The minimum atomic E-state index is -0.275. The normalized spacial score (nSPS) is 10.8. The van der Waals surface area contributed by atoms with Crippen molar-refractivity contribution < 1.29 is 14.3 Å². The second-order valence-electron chi connectivity index (χ2n) is 7.45. The van der Waals surface area contributed by atoms with Crippen LogP contribution in [0.25, 0.3) is 10.8 Å². The monoisotopic (exact) mass is 390 g/mol. The molecule has 0 spiro atoms. The minimum absolute atomic E-state index is 0.143. The van der Waals surface area contributed by atoms with Crippen molar-refractivity contribution in [3.05, 3.63) is 71.8 Å². The maximum atomic E-state index is 13.0. The Bertz CT molecular complexity index is 1030. The lowest BCUT2D eigenvalue weighted by atomic mass is 10.0. The summed E-state index contributed by atoms with van der Waals surface area (Å²) >= 11 is 0. The smallest absolute Gasteiger partial charge is 0.259 e. The molecule has 0 bridgehead atoms. The summed E-state index contributed by atoms with van der Waals surface area (Å²) < 4.78 is 5.76. The summed E-state index contributed by atoms with van der Waals surface area (Å²) in [6, 6.07) is 18.9. The number of benzene rings is 3. The van der Waals surface area contributed by atoms with Gasteiger partial charge in [0.25, 0.3) is 11.8 Å². The maximum absolute atomic E-state index is 13.0. The first-order valence-corrected chi connectivity index (χ1v) is 9.73. The highest BCUT2D eigenvalue weighted by molar-refractivity contribution is 6.09. The van der Waals surface area contributed by atoms with Crippen LogP contribution in [0.15, 0.2) is 60.7 Å². The van der Waals surface area contributed by atoms with Crippen molar-refractivity contribution in [3.63, 3.8) is 0 Å². The van der Waals surface area contributed by atoms with Crippen molar-refractivity contribution in [2.24, 2.45) is 5.92 Å². The average Bonchev–Trinajstić information content (AvgIpc) is 2.71. The van der Waals surface area contributed by atoms with Crippen molar-refractivity contribution >= 4 is 28.3 Å². The summed E-state index contributed by atoms with van der Waals surface area (Å²) in [5.74, 6) is 0.254. The quantitative estimate of drug-likeness (QED) is 0.622. The van der Waals surface area contributed by atoms with Crippen LogP contribution in [0.1, 0.15) is 29.8 Å². The van der Waals surface area contributed by atoms with Gasteiger partial charge in [-0.25, -0.2) is 0 Å². The zero-order valence-corrected chi connectivity index (χ0v) is 17.0. The number of hydrogen-bond donors (Lipinski definition) is 2. The molecule has 0 unspecified atom stereocenters. The summed E-state index contributed by atoms with van der Waals surface area (Å²) in [6.07, 6.45) is 0. The molecule has 0 heterocycles. The molecule has 0 fully saturated rings. The summed E-state index contributed by atoms with van der Waals surface area (Å²) in [5.41, 5.74) is 2.10. The Morgan fingerprint density at radius 1 is 0.966 bits per heavy atom. The number of nitrogens with one attached hydrogen (secondary N) is 2. The number of aryl methyl sites for hydroxylation is 1. The van der Waals surface area contributed by atoms with Crippen molar-refractivity contribution in [2.45, 2.75) is 20.8 Å². The van der Waals surface area contributed by atoms with E-state index in [-0.39, 0.29) is 18.4 Å². The van der Waals surface area contributed by atoms with Gasteiger partial charge < -0.3 is 15.4 Å². The Morgan fingerprint density at radius 3 is 2.31 bits per heavy atom. The molecular weight excluding hydrogens is 364 g/mol. The van der Waals surface area contributed by atoms with Gasteiger partial charge in [0.2, 0.25) is 0 Å². The van der Waals surface area contributed by atoms with Gasteiger partial charge in [0, 0.05) is 12.2 Å². The summed E-state index contributed by atoms with van der Waals surface area (Å²) in [6.45, 7) is 6.43. The van der Waals surface area contributed by atoms with Crippen LogP contribution < -0.4 is 15.4 Å². The van der Waals surface area contributed by atoms with Gasteiger partial charge in [-0.2, -0.15) is 0 Å². The second-order valence-corrected chi connectivity index (χ2v) is 7.45. The largest absolute Gasteiger partial charge is 0.483 e. The topological polar surface area (TPSA) is 67.4 Å². The van der Waals surface area contributed by atoms with Crippen LogP contribution in [-0.4, -0.2) is 25.0 Å². The lowest BCUT2D eigenvalue weighted by Crippen LogP contribution is -2.32. The molecular formula is C24H26N2O3. The first kappa shape index (κ1) is 20.4. The fraction of sp³-hybridized carbons (Fsp3) is 0.250. The summed E-state index contributed by atoms with van der Waals surface area (Å²) in [5, 5.41) is 7.63. The van der Waals surface area contributed by atoms with Gasteiger partial charge in [0.05, 0.1) is 5.56 Å². The van der Waals surface area contributed by atoms with E-state index in [1.807, 2.05) is 69.3 Å². The van der Waals surface area contributed by atoms with Gasteiger partial charge in [-0.05, 0) is 47.4 Å². The first-order chi connectivity index (χ1) is 13.9. The molecule has 0 aromatic heterocycles. The Morgan fingerprint density at radius 2 is 1.62 bits per heavy atom. The van der Waals surface area contributed by atoms with E-state index in [0.717, 1.165) is 22.0 Å². The maximum Gasteiger partial charge on any atom is 0.259 e. The molecule has 0 radical (unpaired) electrons. The van der Waals surface area contributed by atoms with Gasteiger partial charge in [-0.1, -0.05) is 56.3 Å². The highest BCUT2D eigenvalue weighted by Crippen LogP contribution is 2.27. The molecule has 150 valence electrons. The van der Waals surface area contributed by atoms with Crippen LogP contribution in [0.3, 0.4) is 0 Å². The zero-order valence-electron chi connectivity index (χ0n) is 17.0. The number of fused-ring (bicyclic) bond motifs is 1. The molecule has 5 nitrogen and oxygen atoms in total. The van der Waals surface area contributed by atoms with Crippen LogP contribution in [0.5, 0.6) is 5.75 Å². The molecule has 2 N–H and O–H groups in total. The van der Waals surface area contributed by atoms with E-state index >= 15 is 0 Å². The predicted octanol–water partition coefficient (Wildman–Crippen LogP) is 4.55. The summed E-state index contributed by atoms with van der Waals surface area (Å²) in [7, 11) is 0. The van der Waals surface area contributed by atoms with Crippen molar-refractivity contribution in [3.8, 4) is 5.75 Å². The lowest BCUT2D eigenvalue weighted by molar-refractivity contribution is -0.123. The van der Waals surface area contributed by atoms with Gasteiger partial charge in [-0.15, -0.1) is 0 Å². The number of hydrogen-bond acceptors (Lipinski definition) is 3. The third kappa shape index (κ3) is 5.35. The van der Waals surface area contributed by atoms with Crippen LogP contribution in [-0.2, 0) is 4.79 Å². The highest BCUT2D eigenvalue weighted by Gasteiger charge is 2.16. The predicted molar refractivity (Wildman–Crippen MR) is 116 cm³/mol. The Hall–Kier alpha value is -3.34. The minimum Gasteiger partial charge on any atom is -0.483 e. The zero-order chi connectivity index (χ0) is 20.8. The van der Waals surface area contributed by atoms with E-state index in [4.69, 9.17) is 4.74 Å². The molecule has 3 rings (SSSR count). The number of carbonyl (C=O) groups is 2. The van der Waals surface area contributed by atoms with Crippen LogP contribution in [0, 0.1) is 12.8 Å². The molecule has 3 aromatic carbocycles. The van der Waals surface area contributed by atoms with Crippen LogP contribution >= 0.6 is 0 Å². The molecule has 0 aliphatic heterocycles. The summed E-state index contributed by atoms with van der Waals surface area (Å²) in [4.78, 5) is 25.1. The second kappa shape index (κ2) is 9.24. The fourth-order valence-corrected chi connectivity index (χ4v) is 2.93. The third-order valence-corrected chi connectivity index (χ3v) is 4.55. The van der Waals surface area contributed by atoms with Crippen molar-refractivity contribution in [1.82, 2.24) is 5.32 Å². The Kier molecular flexibility index (Phi) is 6.50. The van der Waals surface area contributed by atoms with E-state index < -0.39 is 0 Å². The lowest BCUT2D eigenvalue weighted by Gasteiger charge is -2.14. The molecule has 0 atom stereocenters. The molecule has 0 saturated heterocycles. The fourth-order valence-electron chi connectivity index (χ4n) is 2.93. The number of anilines is 1. The van der Waals surface area contributed by atoms with E-state index in [2.05, 4.69) is 10.6 Å². The molecule has 3 aromatic rings. The Balaban J connectivity index is 1.86. The van der Waals surface area contributed by atoms with Gasteiger partial charge in [-0.3, -0.25) is 9.59 Å². The van der Waals surface area contributed by atoms with Crippen molar-refractivity contribution in [1.29, 1.82) is 0 Å². The highest BCUT2D eigenvalue weighted by atomic mass is 16.5. The van der Waals surface area contributed by atoms with Gasteiger partial charge in [0.15, 0.2) is 6.61 Å². The van der Waals surface area contributed by atoms with Gasteiger partial charge in [0.1, 0.15) is 5.75 Å². The average molecular weight is 390 g/mol. The number of para-hydroxylation sites is 1. The SMILES string of the molecule is Cc1ccccc1NC(=O)c1cc2ccccc2cc1OCC(=O)NCC(C)C. The molecule has 0 aliphatic carbocycles. The van der Waals surface area contributed by atoms with E-state index in [1.54, 1.807) is 12.1 Å². The van der Waals surface area contributed by atoms with Crippen LogP contribution in [0.4, 0.5) is 5.69 Å². The number of amides is 2. The number of ether oxygens (including phenoxy) is 1. The van der Waals surface area contributed by atoms with Crippen LogP contribution in [0.2, 0.25) is 0 Å². The Labute approximate surface area is 171 Å². The van der Waals surface area contributed by atoms with E-state index in [9.17, 15) is 9.59 Å².